The van der Waals surface area contributed by atoms with E-state index in [-0.39, 0.29) is 10.3 Å². The molecule has 0 aromatic heterocycles. The van der Waals surface area contributed by atoms with Gasteiger partial charge >= 0.3 is 0 Å². The third-order valence-corrected chi connectivity index (χ3v) is 28.6. The number of rotatable bonds is 16. The second kappa shape index (κ2) is 21.6. The van der Waals surface area contributed by atoms with Gasteiger partial charge in [0, 0.05) is 10.3 Å². The smallest absolute Gasteiger partial charge is 0.0125 e. The van der Waals surface area contributed by atoms with Crippen LogP contribution in [0.2, 0.25) is 0 Å². The van der Waals surface area contributed by atoms with E-state index in [2.05, 4.69) is 263 Å². The maximum atomic E-state index is 2.73. The Balaban J connectivity index is 1.35. The van der Waals surface area contributed by atoms with E-state index < -0.39 is 31.7 Å². The number of benzene rings is 8. The van der Waals surface area contributed by atoms with Gasteiger partial charge in [-0.1, -0.05) is 276 Å². The summed E-state index contributed by atoms with van der Waals surface area (Å²) in [5.41, 5.74) is 0.884. The molecule has 0 nitrogen and oxygen atoms in total. The Kier molecular flexibility index (Phi) is 15.0. The van der Waals surface area contributed by atoms with E-state index in [1.165, 1.54) is 59.7 Å². The second-order valence-corrected chi connectivity index (χ2v) is 29.4. The SMILES string of the molecule is CC(C)[C@@H](C1CCCC1(P(c1ccccc1)c1ccccc1)[C@@]1(P(c2ccccc2)c2ccccc2)CCC[C@@H]1[C@H](C)P(c1ccccc1)c1ccccc1)P(c1ccccc1)c1ccccc1. The molecule has 6 atom stereocenters. The quantitative estimate of drug-likeness (QED) is 0.0847. The van der Waals surface area contributed by atoms with Crippen LogP contribution < -0.4 is 42.4 Å². The number of hydrogen-bond acceptors (Lipinski definition) is 0. The van der Waals surface area contributed by atoms with Crippen LogP contribution in [0.25, 0.3) is 0 Å². The van der Waals surface area contributed by atoms with Crippen LogP contribution in [0.5, 0.6) is 0 Å². The maximum absolute atomic E-state index is 2.73. The van der Waals surface area contributed by atoms with E-state index >= 15 is 0 Å². The van der Waals surface area contributed by atoms with Crippen LogP contribution in [0.15, 0.2) is 243 Å². The van der Waals surface area contributed by atoms with E-state index in [9.17, 15) is 0 Å². The molecule has 68 heavy (non-hydrogen) atoms. The van der Waals surface area contributed by atoms with Crippen molar-refractivity contribution in [1.29, 1.82) is 0 Å². The molecule has 342 valence electrons. The zero-order valence-corrected chi connectivity index (χ0v) is 43.6. The summed E-state index contributed by atoms with van der Waals surface area (Å²) in [6, 6.07) is 95.3. The molecule has 0 heterocycles. The van der Waals surface area contributed by atoms with Gasteiger partial charge in [-0.3, -0.25) is 0 Å². The minimum atomic E-state index is -0.914. The van der Waals surface area contributed by atoms with Gasteiger partial charge in [0.25, 0.3) is 0 Å². The predicted molar refractivity (Wildman–Crippen MR) is 305 cm³/mol. The van der Waals surface area contributed by atoms with E-state index in [0.29, 0.717) is 29.1 Å². The molecule has 4 heteroatoms. The van der Waals surface area contributed by atoms with Gasteiger partial charge in [0.1, 0.15) is 0 Å². The van der Waals surface area contributed by atoms with Crippen molar-refractivity contribution in [1.82, 2.24) is 0 Å². The molecule has 2 aliphatic rings. The summed E-state index contributed by atoms with van der Waals surface area (Å²) in [7, 11) is -3.28. The molecule has 0 N–H and O–H groups in total. The Morgan fingerprint density at radius 1 is 0.324 bits per heavy atom. The average molecular weight is 959 g/mol. The molecule has 10 rings (SSSR count). The molecular weight excluding hydrogens is 893 g/mol. The van der Waals surface area contributed by atoms with Crippen molar-refractivity contribution < 1.29 is 0 Å². The van der Waals surface area contributed by atoms with Crippen molar-refractivity contribution in [2.75, 3.05) is 0 Å². The lowest BCUT2D eigenvalue weighted by molar-refractivity contribution is 0.250. The van der Waals surface area contributed by atoms with Crippen molar-refractivity contribution >= 4 is 74.1 Å². The van der Waals surface area contributed by atoms with Crippen molar-refractivity contribution in [3.05, 3.63) is 243 Å². The second-order valence-electron chi connectivity index (χ2n) is 19.4. The minimum Gasteiger partial charge on any atom is -0.0622 e. The van der Waals surface area contributed by atoms with E-state index in [1.54, 1.807) is 21.2 Å². The lowest BCUT2D eigenvalue weighted by Crippen LogP contribution is -2.64. The lowest BCUT2D eigenvalue weighted by atomic mass is 9.72. The van der Waals surface area contributed by atoms with Crippen molar-refractivity contribution in [2.45, 2.75) is 80.9 Å². The van der Waals surface area contributed by atoms with Gasteiger partial charge < -0.3 is 0 Å². The van der Waals surface area contributed by atoms with Crippen LogP contribution in [0.4, 0.5) is 0 Å². The molecular formula is C64H66P4. The topological polar surface area (TPSA) is 0 Å². The maximum Gasteiger partial charge on any atom is 0.0125 e. The molecule has 2 fully saturated rings. The highest BCUT2D eigenvalue weighted by Crippen LogP contribution is 2.80. The highest BCUT2D eigenvalue weighted by Gasteiger charge is 2.70. The van der Waals surface area contributed by atoms with Crippen molar-refractivity contribution in [3.8, 4) is 0 Å². The van der Waals surface area contributed by atoms with E-state index in [4.69, 9.17) is 0 Å². The molecule has 8 aromatic carbocycles. The van der Waals surface area contributed by atoms with Crippen LogP contribution in [-0.4, -0.2) is 21.6 Å². The van der Waals surface area contributed by atoms with Gasteiger partial charge in [0.05, 0.1) is 0 Å². The Morgan fingerprint density at radius 3 is 0.868 bits per heavy atom. The molecule has 8 aromatic rings. The highest BCUT2D eigenvalue weighted by atomic mass is 31.1. The summed E-state index contributed by atoms with van der Waals surface area (Å²) >= 11 is 0. The Labute approximate surface area is 413 Å². The third kappa shape index (κ3) is 8.95. The Hall–Kier alpha value is -4.52. The molecule has 0 radical (unpaired) electrons. The monoisotopic (exact) mass is 958 g/mol. The summed E-state index contributed by atoms with van der Waals surface area (Å²) < 4.78 is 0. The fourth-order valence-electron chi connectivity index (χ4n) is 13.3. The zero-order valence-electron chi connectivity index (χ0n) is 40.0. The predicted octanol–water partition coefficient (Wildman–Crippen LogP) is 14.0. The van der Waals surface area contributed by atoms with Gasteiger partial charge in [-0.15, -0.1) is 0 Å². The fourth-order valence-corrected chi connectivity index (χ4v) is 28.1. The lowest BCUT2D eigenvalue weighted by Gasteiger charge is -2.64. The molecule has 2 aliphatic carbocycles. The molecule has 0 spiro atoms. The summed E-state index contributed by atoms with van der Waals surface area (Å²) in [5.74, 6) is 1.39. The fraction of sp³-hybridized carbons (Fsp3) is 0.250. The minimum absolute atomic E-state index is 0.0608. The average Bonchev–Trinajstić information content (AvgIpc) is 4.05. The molecule has 0 amide bonds. The van der Waals surface area contributed by atoms with Crippen LogP contribution in [0.3, 0.4) is 0 Å². The van der Waals surface area contributed by atoms with Gasteiger partial charge in [-0.2, -0.15) is 0 Å². The third-order valence-electron chi connectivity index (χ3n) is 15.5. The van der Waals surface area contributed by atoms with E-state index in [0.717, 1.165) is 0 Å². The summed E-state index contributed by atoms with van der Waals surface area (Å²) in [6.45, 7) is 7.93. The molecule has 0 saturated heterocycles. The standard InChI is InChI=1S/C64H66P4/c1-50(2)62(66(54-34-16-6-17-35-54)55-36-18-7-19-37-55)61-47-29-49-64(61,68(58-42-24-10-25-43-58)59-44-26-11-27-45-59)63(67(56-38-20-8-21-39-56)57-40-22-9-23-41-57)48-28-46-60(63)51(3)65(52-30-12-4-13-31-52)53-32-14-5-15-33-53/h4-27,30-45,50-51,60-62H,28-29,46-49H2,1-3H3/t51-,60+,61?,62-,63+,64?/m0/s1. The normalized spacial score (nSPS) is 21.5. The molecule has 0 bridgehead atoms. The zero-order chi connectivity index (χ0) is 46.3. The Morgan fingerprint density at radius 2 is 0.574 bits per heavy atom. The molecule has 2 saturated carbocycles. The van der Waals surface area contributed by atoms with Crippen LogP contribution in [0, 0.1) is 17.8 Å². The van der Waals surface area contributed by atoms with Gasteiger partial charge in [0.15, 0.2) is 0 Å². The highest BCUT2D eigenvalue weighted by molar-refractivity contribution is 7.79. The first-order chi connectivity index (χ1) is 33.5. The molecule has 2 unspecified atom stereocenters. The Bertz CT molecular complexity index is 2600. The van der Waals surface area contributed by atoms with Crippen LogP contribution in [0.1, 0.15) is 59.3 Å². The van der Waals surface area contributed by atoms with Gasteiger partial charge in [-0.25, -0.2) is 0 Å². The summed E-state index contributed by atoms with van der Waals surface area (Å²) in [6.07, 6.45) is 7.47. The van der Waals surface area contributed by atoms with Gasteiger partial charge in [0.2, 0.25) is 0 Å². The molecule has 0 aliphatic heterocycles. The largest absolute Gasteiger partial charge is 0.0622 e. The first-order valence-electron chi connectivity index (χ1n) is 25.1. The first kappa shape index (κ1) is 47.2. The first-order valence-corrected chi connectivity index (χ1v) is 30.6. The van der Waals surface area contributed by atoms with E-state index in [1.807, 2.05) is 0 Å². The van der Waals surface area contributed by atoms with Crippen molar-refractivity contribution in [3.63, 3.8) is 0 Å². The van der Waals surface area contributed by atoms with Crippen LogP contribution in [-0.2, 0) is 0 Å². The van der Waals surface area contributed by atoms with Crippen LogP contribution >= 0.6 is 31.7 Å². The van der Waals surface area contributed by atoms with Crippen molar-refractivity contribution in [2.24, 2.45) is 17.8 Å². The van der Waals surface area contributed by atoms with Gasteiger partial charge in [-0.05, 0) is 129 Å². The number of hydrogen-bond donors (Lipinski definition) is 0. The summed E-state index contributed by atoms with van der Waals surface area (Å²) in [5, 5.41) is 12.1. The summed E-state index contributed by atoms with van der Waals surface area (Å²) in [4.78, 5) is 0.